The lowest BCUT2D eigenvalue weighted by molar-refractivity contribution is -0.137. The topological polar surface area (TPSA) is 68.1 Å². The van der Waals surface area contributed by atoms with Gasteiger partial charge in [0.2, 0.25) is 5.91 Å². The average molecular weight is 406 g/mol. The van der Waals surface area contributed by atoms with E-state index in [0.29, 0.717) is 12.1 Å². The van der Waals surface area contributed by atoms with Crippen molar-refractivity contribution in [2.45, 2.75) is 39.0 Å². The number of anilines is 1. The van der Waals surface area contributed by atoms with Crippen molar-refractivity contribution in [1.29, 1.82) is 0 Å². The van der Waals surface area contributed by atoms with Crippen LogP contribution in [0.4, 0.5) is 18.9 Å². The lowest BCUT2D eigenvalue weighted by Gasteiger charge is -2.15. The normalized spacial score (nSPS) is 11.6. The van der Waals surface area contributed by atoms with Crippen molar-refractivity contribution in [2.75, 3.05) is 5.43 Å². The quantitative estimate of drug-likeness (QED) is 0.587. The summed E-state index contributed by atoms with van der Waals surface area (Å²) in [6.45, 7) is 2.65. The van der Waals surface area contributed by atoms with Gasteiger partial charge in [0.1, 0.15) is 0 Å². The second-order valence-electron chi connectivity index (χ2n) is 6.54. The van der Waals surface area contributed by atoms with Crippen molar-refractivity contribution < 1.29 is 18.0 Å². The molecule has 0 spiro atoms. The van der Waals surface area contributed by atoms with E-state index in [-0.39, 0.29) is 24.3 Å². The number of nitrogens with zero attached hydrogens (tertiary/aromatic N) is 2. The van der Waals surface area contributed by atoms with Gasteiger partial charge in [-0.3, -0.25) is 24.8 Å². The van der Waals surface area contributed by atoms with Crippen molar-refractivity contribution in [3.05, 3.63) is 64.6 Å². The first kappa shape index (κ1) is 20.5. The van der Waals surface area contributed by atoms with Gasteiger partial charge >= 0.3 is 11.9 Å². The predicted molar refractivity (Wildman–Crippen MR) is 104 cm³/mol. The molecule has 2 aromatic carbocycles. The number of carbonyl (C=O) groups is 1. The first-order valence-electron chi connectivity index (χ1n) is 9.22. The van der Waals surface area contributed by atoms with Gasteiger partial charge in [-0.25, -0.2) is 4.79 Å². The number of hydrogen-bond acceptors (Lipinski definition) is 3. The van der Waals surface area contributed by atoms with Crippen molar-refractivity contribution in [3.8, 4) is 0 Å². The van der Waals surface area contributed by atoms with Crippen LogP contribution >= 0.6 is 0 Å². The molecule has 0 fully saturated rings. The first-order chi connectivity index (χ1) is 13.8. The van der Waals surface area contributed by atoms with Gasteiger partial charge in [-0.05, 0) is 30.7 Å². The van der Waals surface area contributed by atoms with E-state index in [1.54, 1.807) is 10.6 Å². The Balaban J connectivity index is 1.70. The summed E-state index contributed by atoms with van der Waals surface area (Å²) in [5.41, 5.74) is 4.76. The number of nitrogens with one attached hydrogen (secondary N) is 2. The van der Waals surface area contributed by atoms with Crippen LogP contribution in [-0.4, -0.2) is 15.0 Å². The van der Waals surface area contributed by atoms with Crippen LogP contribution in [0.2, 0.25) is 0 Å². The molecule has 0 saturated heterocycles. The molecule has 0 aliphatic rings. The summed E-state index contributed by atoms with van der Waals surface area (Å²) in [6, 6.07) is 12.2. The number of para-hydroxylation sites is 3. The Morgan fingerprint density at radius 1 is 0.966 bits per heavy atom. The molecule has 3 rings (SSSR count). The molecule has 0 atom stereocenters. The minimum atomic E-state index is -4.54. The molecule has 0 aliphatic heterocycles. The zero-order chi connectivity index (χ0) is 21.0. The maximum Gasteiger partial charge on any atom is 0.418 e. The number of alkyl halides is 3. The highest BCUT2D eigenvalue weighted by molar-refractivity contribution is 5.79. The Hall–Kier alpha value is -3.23. The third kappa shape index (κ3) is 4.44. The van der Waals surface area contributed by atoms with Crippen LogP contribution in [-0.2, 0) is 24.1 Å². The summed E-state index contributed by atoms with van der Waals surface area (Å²) in [5, 5.41) is 0. The van der Waals surface area contributed by atoms with Crippen LogP contribution in [0.15, 0.2) is 53.3 Å². The third-order valence-corrected chi connectivity index (χ3v) is 4.50. The summed E-state index contributed by atoms with van der Waals surface area (Å²) in [5.74, 6) is -0.527. The van der Waals surface area contributed by atoms with Crippen LogP contribution in [0.1, 0.15) is 25.3 Å². The van der Waals surface area contributed by atoms with E-state index in [1.165, 1.54) is 22.8 Å². The molecule has 0 unspecified atom stereocenters. The lowest BCUT2D eigenvalue weighted by atomic mass is 10.2. The average Bonchev–Trinajstić information content (AvgIpc) is 2.96. The Morgan fingerprint density at radius 2 is 1.55 bits per heavy atom. The van der Waals surface area contributed by atoms with Gasteiger partial charge in [0.25, 0.3) is 0 Å². The summed E-state index contributed by atoms with van der Waals surface area (Å²) in [6.07, 6.45) is -3.82. The van der Waals surface area contributed by atoms with Gasteiger partial charge in [0.05, 0.1) is 22.3 Å². The molecule has 2 N–H and O–H groups in total. The molecule has 3 aromatic rings. The zero-order valence-corrected chi connectivity index (χ0v) is 15.8. The van der Waals surface area contributed by atoms with Crippen molar-refractivity contribution >= 4 is 22.6 Å². The zero-order valence-electron chi connectivity index (χ0n) is 15.8. The van der Waals surface area contributed by atoms with Crippen LogP contribution in [0.5, 0.6) is 0 Å². The number of hydrazine groups is 1. The Kier molecular flexibility index (Phi) is 5.95. The van der Waals surface area contributed by atoms with E-state index < -0.39 is 17.6 Å². The van der Waals surface area contributed by atoms with Gasteiger partial charge in [-0.15, -0.1) is 0 Å². The highest BCUT2D eigenvalue weighted by atomic mass is 19.4. The molecule has 0 aliphatic carbocycles. The van der Waals surface area contributed by atoms with E-state index in [0.717, 1.165) is 18.0 Å². The van der Waals surface area contributed by atoms with Crippen LogP contribution in [0.3, 0.4) is 0 Å². The fourth-order valence-corrected chi connectivity index (χ4v) is 3.18. The van der Waals surface area contributed by atoms with Crippen LogP contribution < -0.4 is 16.5 Å². The monoisotopic (exact) mass is 406 g/mol. The predicted octanol–water partition coefficient (Wildman–Crippen LogP) is 3.77. The Labute approximate surface area is 164 Å². The van der Waals surface area contributed by atoms with E-state index in [9.17, 15) is 22.8 Å². The number of halogens is 3. The number of rotatable bonds is 7. The summed E-state index contributed by atoms with van der Waals surface area (Å²) in [4.78, 5) is 24.8. The molecule has 154 valence electrons. The minimum Gasteiger partial charge on any atom is -0.298 e. The SMILES string of the molecule is CCCn1c(=O)n(CCC(=O)NNc2ccccc2C(F)(F)F)c2ccccc21. The Morgan fingerprint density at radius 3 is 2.17 bits per heavy atom. The third-order valence-electron chi connectivity index (χ3n) is 4.50. The Bertz CT molecular complexity index is 1070. The van der Waals surface area contributed by atoms with Crippen LogP contribution in [0.25, 0.3) is 11.0 Å². The van der Waals surface area contributed by atoms with Crippen LogP contribution in [0, 0.1) is 0 Å². The van der Waals surface area contributed by atoms with Gasteiger partial charge in [-0.1, -0.05) is 31.2 Å². The highest BCUT2D eigenvalue weighted by Crippen LogP contribution is 2.34. The molecule has 6 nitrogen and oxygen atoms in total. The molecule has 0 bridgehead atoms. The number of hydrogen-bond donors (Lipinski definition) is 2. The molecule has 1 heterocycles. The summed E-state index contributed by atoms with van der Waals surface area (Å²) >= 11 is 0. The largest absolute Gasteiger partial charge is 0.418 e. The maximum atomic E-state index is 13.0. The van der Waals surface area contributed by atoms with Gasteiger partial charge < -0.3 is 0 Å². The maximum absolute atomic E-state index is 13.0. The fourth-order valence-electron chi connectivity index (χ4n) is 3.18. The summed E-state index contributed by atoms with van der Waals surface area (Å²) < 4.78 is 42.2. The highest BCUT2D eigenvalue weighted by Gasteiger charge is 2.33. The second kappa shape index (κ2) is 8.42. The standard InChI is InChI=1S/C20H21F3N4O2/c1-2-12-26-16-9-5-6-10-17(16)27(19(26)29)13-11-18(28)25-24-15-8-4-3-7-14(15)20(21,22)23/h3-10,24H,2,11-13H2,1H3,(H,25,28). The fraction of sp³-hybridized carbons (Fsp3) is 0.300. The van der Waals surface area contributed by atoms with Gasteiger partial charge in [0.15, 0.2) is 0 Å². The second-order valence-corrected chi connectivity index (χ2v) is 6.54. The van der Waals surface area contributed by atoms with E-state index >= 15 is 0 Å². The number of carbonyl (C=O) groups excluding carboxylic acids is 1. The van der Waals surface area contributed by atoms with E-state index in [4.69, 9.17) is 0 Å². The minimum absolute atomic E-state index is 0.0682. The number of imidazole rings is 1. The lowest BCUT2D eigenvalue weighted by Crippen LogP contribution is -2.32. The van der Waals surface area contributed by atoms with Crippen molar-refractivity contribution in [1.82, 2.24) is 14.6 Å². The number of amides is 1. The molecular weight excluding hydrogens is 385 g/mol. The number of aromatic nitrogens is 2. The van der Waals surface area contributed by atoms with Crippen molar-refractivity contribution in [3.63, 3.8) is 0 Å². The number of fused-ring (bicyclic) bond motifs is 1. The van der Waals surface area contributed by atoms with Gasteiger partial charge in [0, 0.05) is 19.5 Å². The molecule has 0 saturated carbocycles. The smallest absolute Gasteiger partial charge is 0.298 e. The molecular formula is C20H21F3N4O2. The van der Waals surface area contributed by atoms with E-state index in [1.807, 2.05) is 25.1 Å². The van der Waals surface area contributed by atoms with Gasteiger partial charge in [-0.2, -0.15) is 13.2 Å². The first-order valence-corrected chi connectivity index (χ1v) is 9.22. The molecule has 0 radical (unpaired) electrons. The molecule has 1 amide bonds. The number of aryl methyl sites for hydroxylation is 2. The van der Waals surface area contributed by atoms with Crippen molar-refractivity contribution in [2.24, 2.45) is 0 Å². The molecule has 29 heavy (non-hydrogen) atoms. The summed E-state index contributed by atoms with van der Waals surface area (Å²) in [7, 11) is 0. The molecule has 1 aromatic heterocycles. The molecule has 9 heteroatoms. The number of benzene rings is 2. The van der Waals surface area contributed by atoms with E-state index in [2.05, 4.69) is 10.9 Å².